The van der Waals surface area contributed by atoms with Crippen LogP contribution >= 0.6 is 0 Å². The Labute approximate surface area is 108 Å². The van der Waals surface area contributed by atoms with Gasteiger partial charge in [-0.05, 0) is 30.9 Å². The zero-order valence-corrected chi connectivity index (χ0v) is 11.2. The van der Waals surface area contributed by atoms with Crippen molar-refractivity contribution >= 4 is 5.91 Å². The van der Waals surface area contributed by atoms with Crippen LogP contribution in [0.2, 0.25) is 0 Å². The number of hydrogen-bond donors (Lipinski definition) is 2. The molecule has 0 spiro atoms. The fourth-order valence-corrected chi connectivity index (χ4v) is 1.57. The lowest BCUT2D eigenvalue weighted by atomic mass is 10.1. The van der Waals surface area contributed by atoms with Gasteiger partial charge in [0.25, 0.3) is 5.91 Å². The number of amides is 1. The summed E-state index contributed by atoms with van der Waals surface area (Å²) in [5.74, 6) is 0.662. The van der Waals surface area contributed by atoms with Gasteiger partial charge in [0.15, 0.2) is 6.61 Å². The maximum Gasteiger partial charge on any atom is 0.257 e. The molecule has 100 valence electrons. The SMILES string of the molecule is Cc1cccc(C)c1OCC(=O)NCC(C)CO. The van der Waals surface area contributed by atoms with Crippen molar-refractivity contribution in [2.45, 2.75) is 20.8 Å². The third-order valence-electron chi connectivity index (χ3n) is 2.72. The molecule has 4 heteroatoms. The lowest BCUT2D eigenvalue weighted by molar-refractivity contribution is -0.123. The van der Waals surface area contributed by atoms with Crippen LogP contribution in [0.15, 0.2) is 18.2 Å². The van der Waals surface area contributed by atoms with Gasteiger partial charge in [0.1, 0.15) is 5.75 Å². The Hall–Kier alpha value is -1.55. The van der Waals surface area contributed by atoms with Gasteiger partial charge in [0.2, 0.25) is 0 Å². The number of benzene rings is 1. The summed E-state index contributed by atoms with van der Waals surface area (Å²) in [5.41, 5.74) is 2.04. The molecule has 0 saturated carbocycles. The van der Waals surface area contributed by atoms with Crippen molar-refractivity contribution in [1.29, 1.82) is 0 Å². The predicted molar refractivity (Wildman–Crippen MR) is 70.7 cm³/mol. The molecule has 1 rings (SSSR count). The summed E-state index contributed by atoms with van der Waals surface area (Å²) >= 11 is 0. The summed E-state index contributed by atoms with van der Waals surface area (Å²) < 4.78 is 5.52. The molecule has 1 amide bonds. The molecule has 1 aromatic rings. The number of hydrogen-bond acceptors (Lipinski definition) is 3. The average Bonchev–Trinajstić information content (AvgIpc) is 2.35. The van der Waals surface area contributed by atoms with Crippen molar-refractivity contribution in [1.82, 2.24) is 5.32 Å². The third kappa shape index (κ3) is 4.37. The van der Waals surface area contributed by atoms with Crippen LogP contribution in [0.5, 0.6) is 5.75 Å². The molecular weight excluding hydrogens is 230 g/mol. The smallest absolute Gasteiger partial charge is 0.257 e. The molecule has 1 atom stereocenters. The van der Waals surface area contributed by atoms with Crippen molar-refractivity contribution in [3.63, 3.8) is 0 Å². The maximum atomic E-state index is 11.5. The van der Waals surface area contributed by atoms with E-state index in [1.54, 1.807) is 0 Å². The van der Waals surface area contributed by atoms with E-state index >= 15 is 0 Å². The molecule has 0 aromatic heterocycles. The van der Waals surface area contributed by atoms with Gasteiger partial charge < -0.3 is 15.2 Å². The number of aliphatic hydroxyl groups excluding tert-OH is 1. The summed E-state index contributed by atoms with van der Waals surface area (Å²) in [5, 5.41) is 11.6. The zero-order chi connectivity index (χ0) is 13.5. The number of nitrogens with one attached hydrogen (secondary N) is 1. The quantitative estimate of drug-likeness (QED) is 0.804. The Morgan fingerprint density at radius 1 is 1.39 bits per heavy atom. The molecule has 0 bridgehead atoms. The molecule has 2 N–H and O–H groups in total. The number of aryl methyl sites for hydroxylation is 2. The number of para-hydroxylation sites is 1. The number of rotatable bonds is 6. The second kappa shape index (κ2) is 7.01. The second-order valence-corrected chi connectivity index (χ2v) is 4.60. The summed E-state index contributed by atoms with van der Waals surface area (Å²) in [6, 6.07) is 5.86. The average molecular weight is 251 g/mol. The highest BCUT2D eigenvalue weighted by Gasteiger charge is 2.08. The minimum atomic E-state index is -0.169. The van der Waals surface area contributed by atoms with Crippen molar-refractivity contribution in [3.05, 3.63) is 29.3 Å². The monoisotopic (exact) mass is 251 g/mol. The van der Waals surface area contributed by atoms with Gasteiger partial charge in [-0.25, -0.2) is 0 Å². The fraction of sp³-hybridized carbons (Fsp3) is 0.500. The van der Waals surface area contributed by atoms with E-state index in [0.717, 1.165) is 16.9 Å². The van der Waals surface area contributed by atoms with E-state index < -0.39 is 0 Å². The molecule has 18 heavy (non-hydrogen) atoms. The van der Waals surface area contributed by atoms with E-state index in [1.807, 2.05) is 39.0 Å². The van der Waals surface area contributed by atoms with Gasteiger partial charge in [-0.15, -0.1) is 0 Å². The first kappa shape index (κ1) is 14.5. The molecule has 0 heterocycles. The van der Waals surface area contributed by atoms with Crippen LogP contribution in [0.4, 0.5) is 0 Å². The molecule has 0 aliphatic carbocycles. The van der Waals surface area contributed by atoms with Crippen molar-refractivity contribution < 1.29 is 14.6 Å². The highest BCUT2D eigenvalue weighted by molar-refractivity contribution is 5.77. The van der Waals surface area contributed by atoms with E-state index in [1.165, 1.54) is 0 Å². The predicted octanol–water partition coefficient (Wildman–Crippen LogP) is 1.43. The highest BCUT2D eigenvalue weighted by atomic mass is 16.5. The van der Waals surface area contributed by atoms with E-state index in [-0.39, 0.29) is 25.0 Å². The van der Waals surface area contributed by atoms with Crippen LogP contribution in [-0.2, 0) is 4.79 Å². The number of carbonyl (C=O) groups is 1. The van der Waals surface area contributed by atoms with Gasteiger partial charge in [-0.2, -0.15) is 0 Å². The Kier molecular flexibility index (Phi) is 5.65. The number of carbonyl (C=O) groups excluding carboxylic acids is 1. The van der Waals surface area contributed by atoms with Crippen LogP contribution in [0.3, 0.4) is 0 Å². The van der Waals surface area contributed by atoms with Gasteiger partial charge in [0.05, 0.1) is 0 Å². The summed E-state index contributed by atoms with van der Waals surface area (Å²) in [4.78, 5) is 11.5. The minimum Gasteiger partial charge on any atom is -0.483 e. The molecule has 4 nitrogen and oxygen atoms in total. The van der Waals surface area contributed by atoms with E-state index in [0.29, 0.717) is 6.54 Å². The first-order valence-electron chi connectivity index (χ1n) is 6.11. The Bertz CT molecular complexity index is 384. The first-order valence-corrected chi connectivity index (χ1v) is 6.11. The lowest BCUT2D eigenvalue weighted by Gasteiger charge is -2.13. The Balaban J connectivity index is 2.43. The first-order chi connectivity index (χ1) is 8.54. The van der Waals surface area contributed by atoms with Gasteiger partial charge in [-0.1, -0.05) is 25.1 Å². The van der Waals surface area contributed by atoms with E-state index in [2.05, 4.69) is 5.32 Å². The molecule has 0 fully saturated rings. The zero-order valence-electron chi connectivity index (χ0n) is 11.2. The standard InChI is InChI=1S/C14H21NO3/c1-10(8-16)7-15-13(17)9-18-14-11(2)5-4-6-12(14)3/h4-6,10,16H,7-9H2,1-3H3,(H,15,17). The van der Waals surface area contributed by atoms with Crippen LogP contribution in [0.1, 0.15) is 18.1 Å². The van der Waals surface area contributed by atoms with Crippen LogP contribution in [0.25, 0.3) is 0 Å². The summed E-state index contributed by atoms with van der Waals surface area (Å²) in [7, 11) is 0. The topological polar surface area (TPSA) is 58.6 Å². The van der Waals surface area contributed by atoms with Crippen molar-refractivity contribution in [3.8, 4) is 5.75 Å². The minimum absolute atomic E-state index is 0.00381. The molecule has 0 aliphatic heterocycles. The molecule has 1 unspecified atom stereocenters. The van der Waals surface area contributed by atoms with Crippen LogP contribution < -0.4 is 10.1 Å². The van der Waals surface area contributed by atoms with Gasteiger partial charge in [-0.3, -0.25) is 4.79 Å². The van der Waals surface area contributed by atoms with Crippen molar-refractivity contribution in [2.24, 2.45) is 5.92 Å². The lowest BCUT2D eigenvalue weighted by Crippen LogP contribution is -2.33. The third-order valence-corrected chi connectivity index (χ3v) is 2.72. The van der Waals surface area contributed by atoms with Crippen LogP contribution in [-0.4, -0.2) is 30.8 Å². The normalized spacial score (nSPS) is 12.0. The van der Waals surface area contributed by atoms with Gasteiger partial charge in [0, 0.05) is 13.2 Å². The Morgan fingerprint density at radius 2 is 2.00 bits per heavy atom. The number of aliphatic hydroxyl groups is 1. The van der Waals surface area contributed by atoms with E-state index in [4.69, 9.17) is 9.84 Å². The van der Waals surface area contributed by atoms with E-state index in [9.17, 15) is 4.79 Å². The molecular formula is C14H21NO3. The molecule has 0 radical (unpaired) electrons. The molecule has 0 saturated heterocycles. The summed E-state index contributed by atoms with van der Waals surface area (Å²) in [6.07, 6.45) is 0. The summed E-state index contributed by atoms with van der Waals surface area (Å²) in [6.45, 7) is 6.31. The van der Waals surface area contributed by atoms with Gasteiger partial charge >= 0.3 is 0 Å². The fourth-order valence-electron chi connectivity index (χ4n) is 1.57. The van der Waals surface area contributed by atoms with Crippen molar-refractivity contribution in [2.75, 3.05) is 19.8 Å². The highest BCUT2D eigenvalue weighted by Crippen LogP contribution is 2.21. The Morgan fingerprint density at radius 3 is 2.56 bits per heavy atom. The van der Waals surface area contributed by atoms with Crippen LogP contribution in [0, 0.1) is 19.8 Å². The number of ether oxygens (including phenoxy) is 1. The maximum absolute atomic E-state index is 11.5. The molecule has 1 aromatic carbocycles. The second-order valence-electron chi connectivity index (χ2n) is 4.60. The molecule has 0 aliphatic rings. The largest absolute Gasteiger partial charge is 0.483 e.